The zero-order chi connectivity index (χ0) is 10.1. The lowest BCUT2D eigenvalue weighted by atomic mass is 10.3. The molecule has 14 heavy (non-hydrogen) atoms. The molecule has 78 valence electrons. The summed E-state index contributed by atoms with van der Waals surface area (Å²) >= 11 is 1.69. The molecule has 2 rings (SSSR count). The topological polar surface area (TPSA) is 50.1 Å². The molecule has 1 fully saturated rings. The van der Waals surface area contributed by atoms with Crippen LogP contribution in [-0.4, -0.2) is 39.3 Å². The number of aliphatic hydroxyl groups excluding tert-OH is 1. The second kappa shape index (κ2) is 3.92. The number of aromatic nitrogens is 2. The van der Waals surface area contributed by atoms with E-state index in [-0.39, 0.29) is 11.4 Å². The van der Waals surface area contributed by atoms with Gasteiger partial charge in [-0.05, 0) is 13.0 Å². The highest BCUT2D eigenvalue weighted by molar-refractivity contribution is 8.00. The van der Waals surface area contributed by atoms with E-state index in [9.17, 15) is 5.11 Å². The summed E-state index contributed by atoms with van der Waals surface area (Å²) < 4.78 is 1.87. The van der Waals surface area contributed by atoms with Crippen LogP contribution in [0, 0.1) is 6.92 Å². The van der Waals surface area contributed by atoms with Crippen LogP contribution in [-0.2, 0) is 7.05 Å². The monoisotopic (exact) mass is 213 g/mol. The Morgan fingerprint density at radius 2 is 2.43 bits per heavy atom. The van der Waals surface area contributed by atoms with Gasteiger partial charge in [-0.2, -0.15) is 5.10 Å². The molecule has 2 atom stereocenters. The van der Waals surface area contributed by atoms with Crippen molar-refractivity contribution in [3.05, 3.63) is 11.8 Å². The fourth-order valence-corrected chi connectivity index (χ4v) is 2.81. The number of aryl methyl sites for hydroxylation is 2. The lowest BCUT2D eigenvalue weighted by Gasteiger charge is -2.11. The highest BCUT2D eigenvalue weighted by Gasteiger charge is 2.26. The first-order chi connectivity index (χ1) is 6.66. The van der Waals surface area contributed by atoms with Gasteiger partial charge in [0.2, 0.25) is 0 Å². The lowest BCUT2D eigenvalue weighted by molar-refractivity contribution is 0.201. The van der Waals surface area contributed by atoms with Crippen LogP contribution in [0.2, 0.25) is 0 Å². The van der Waals surface area contributed by atoms with E-state index in [1.54, 1.807) is 11.8 Å². The first kappa shape index (κ1) is 10.0. The first-order valence-corrected chi connectivity index (χ1v) is 5.61. The van der Waals surface area contributed by atoms with Gasteiger partial charge in [-0.15, -0.1) is 0 Å². The molecule has 1 aromatic heterocycles. The largest absolute Gasteiger partial charge is 0.391 e. The van der Waals surface area contributed by atoms with Crippen LogP contribution in [0.15, 0.2) is 11.1 Å². The van der Waals surface area contributed by atoms with E-state index in [1.165, 1.54) is 0 Å². The molecule has 2 N–H and O–H groups in total. The molecule has 0 aliphatic carbocycles. The zero-order valence-electron chi connectivity index (χ0n) is 8.40. The van der Waals surface area contributed by atoms with E-state index >= 15 is 0 Å². The first-order valence-electron chi connectivity index (χ1n) is 4.73. The van der Waals surface area contributed by atoms with Crippen molar-refractivity contribution < 1.29 is 5.11 Å². The number of nitrogens with zero attached hydrogens (tertiary/aromatic N) is 2. The van der Waals surface area contributed by atoms with Gasteiger partial charge in [0.15, 0.2) is 0 Å². The molecule has 0 saturated carbocycles. The fraction of sp³-hybridized carbons (Fsp3) is 0.667. The number of thioether (sulfide) groups is 1. The summed E-state index contributed by atoms with van der Waals surface area (Å²) in [6.07, 6.45) is -0.241. The summed E-state index contributed by atoms with van der Waals surface area (Å²) in [4.78, 5) is 0. The third-order valence-corrected chi connectivity index (χ3v) is 3.77. The number of rotatable bonds is 2. The van der Waals surface area contributed by atoms with E-state index in [0.29, 0.717) is 6.54 Å². The quantitative estimate of drug-likeness (QED) is 0.734. The normalized spacial score (nSPS) is 27.1. The maximum absolute atomic E-state index is 9.63. The Hall–Kier alpha value is -0.520. The van der Waals surface area contributed by atoms with E-state index in [0.717, 1.165) is 17.3 Å². The van der Waals surface area contributed by atoms with Gasteiger partial charge in [0.1, 0.15) is 0 Å². The molecule has 5 heteroatoms. The van der Waals surface area contributed by atoms with E-state index < -0.39 is 0 Å². The summed E-state index contributed by atoms with van der Waals surface area (Å²) in [6.45, 7) is 3.55. The Morgan fingerprint density at radius 3 is 2.93 bits per heavy atom. The van der Waals surface area contributed by atoms with Crippen LogP contribution >= 0.6 is 11.8 Å². The van der Waals surface area contributed by atoms with Crippen molar-refractivity contribution in [3.63, 3.8) is 0 Å². The Bertz CT molecular complexity index is 326. The molecule has 0 aromatic carbocycles. The smallest absolute Gasteiger partial charge is 0.0943 e. The standard InChI is InChI=1S/C9H15N3OS/c1-6-3-9(12(2)11-6)14-8-5-10-4-7(8)13/h3,7-8,10,13H,4-5H2,1-2H3/t7-,8-/m1/s1. The molecule has 0 bridgehead atoms. The molecule has 0 spiro atoms. The molecule has 1 saturated heterocycles. The van der Waals surface area contributed by atoms with E-state index in [2.05, 4.69) is 16.5 Å². The molecule has 0 radical (unpaired) electrons. The van der Waals surface area contributed by atoms with E-state index in [1.807, 2.05) is 18.7 Å². The molecule has 0 amide bonds. The highest BCUT2D eigenvalue weighted by Crippen LogP contribution is 2.27. The van der Waals surface area contributed by atoms with Gasteiger partial charge in [0.05, 0.1) is 22.1 Å². The van der Waals surface area contributed by atoms with Crippen LogP contribution in [0.1, 0.15) is 5.69 Å². The Labute approximate surface area is 87.7 Å². The molecular weight excluding hydrogens is 198 g/mol. The maximum atomic E-state index is 9.63. The maximum Gasteiger partial charge on any atom is 0.0943 e. The number of β-amino-alcohol motifs (C(OH)–C–C–N with tert-alkyl or cyclic N) is 1. The van der Waals surface area contributed by atoms with Crippen LogP contribution in [0.3, 0.4) is 0 Å². The van der Waals surface area contributed by atoms with Gasteiger partial charge in [-0.25, -0.2) is 0 Å². The summed E-state index contributed by atoms with van der Waals surface area (Å²) in [5.41, 5.74) is 1.02. The van der Waals surface area contributed by atoms with Crippen molar-refractivity contribution in [2.45, 2.75) is 23.3 Å². The summed E-state index contributed by atoms with van der Waals surface area (Å²) in [5, 5.41) is 18.5. The van der Waals surface area contributed by atoms with Gasteiger partial charge >= 0.3 is 0 Å². The molecule has 4 nitrogen and oxygen atoms in total. The minimum absolute atomic E-state index is 0.241. The third-order valence-electron chi connectivity index (χ3n) is 2.36. The molecule has 2 heterocycles. The van der Waals surface area contributed by atoms with Crippen molar-refractivity contribution >= 4 is 11.8 Å². The van der Waals surface area contributed by atoms with Crippen molar-refractivity contribution in [1.82, 2.24) is 15.1 Å². The molecule has 0 unspecified atom stereocenters. The average Bonchev–Trinajstić information content (AvgIpc) is 2.62. The summed E-state index contributed by atoms with van der Waals surface area (Å²) in [6, 6.07) is 2.05. The molecule has 1 aliphatic rings. The van der Waals surface area contributed by atoms with Gasteiger partial charge < -0.3 is 10.4 Å². The number of hydrogen-bond donors (Lipinski definition) is 2. The van der Waals surface area contributed by atoms with E-state index in [4.69, 9.17) is 0 Å². The van der Waals surface area contributed by atoms with Gasteiger partial charge in [0, 0.05) is 20.1 Å². The second-order valence-corrected chi connectivity index (χ2v) is 4.89. The van der Waals surface area contributed by atoms with Gasteiger partial charge in [0.25, 0.3) is 0 Å². The highest BCUT2D eigenvalue weighted by atomic mass is 32.2. The summed E-state index contributed by atoms with van der Waals surface area (Å²) in [7, 11) is 1.93. The van der Waals surface area contributed by atoms with Crippen LogP contribution in [0.5, 0.6) is 0 Å². The second-order valence-electron chi connectivity index (χ2n) is 3.63. The predicted molar refractivity (Wildman–Crippen MR) is 56.5 cm³/mol. The van der Waals surface area contributed by atoms with Crippen LogP contribution in [0.25, 0.3) is 0 Å². The minimum Gasteiger partial charge on any atom is -0.391 e. The molecule has 1 aliphatic heterocycles. The van der Waals surface area contributed by atoms with Crippen LogP contribution < -0.4 is 5.32 Å². The number of hydrogen-bond acceptors (Lipinski definition) is 4. The van der Waals surface area contributed by atoms with Gasteiger partial charge in [-0.1, -0.05) is 11.8 Å². The number of nitrogens with one attached hydrogen (secondary N) is 1. The zero-order valence-corrected chi connectivity index (χ0v) is 9.21. The molecular formula is C9H15N3OS. The third kappa shape index (κ3) is 1.94. The van der Waals surface area contributed by atoms with Crippen molar-refractivity contribution in [3.8, 4) is 0 Å². The summed E-state index contributed by atoms with van der Waals surface area (Å²) in [5.74, 6) is 0. The Balaban J connectivity index is 2.06. The fourth-order valence-electron chi connectivity index (χ4n) is 1.61. The van der Waals surface area contributed by atoms with Gasteiger partial charge in [-0.3, -0.25) is 4.68 Å². The lowest BCUT2D eigenvalue weighted by Crippen LogP contribution is -2.20. The SMILES string of the molecule is Cc1cc(S[C@@H]2CNC[C@H]2O)n(C)n1. The predicted octanol–water partition coefficient (Wildman–Crippen LogP) is 0.153. The minimum atomic E-state index is -0.241. The van der Waals surface area contributed by atoms with Crippen molar-refractivity contribution in [1.29, 1.82) is 0 Å². The Kier molecular flexibility index (Phi) is 2.80. The van der Waals surface area contributed by atoms with Crippen molar-refractivity contribution in [2.24, 2.45) is 7.05 Å². The van der Waals surface area contributed by atoms with Crippen molar-refractivity contribution in [2.75, 3.05) is 13.1 Å². The Morgan fingerprint density at radius 1 is 1.64 bits per heavy atom. The van der Waals surface area contributed by atoms with Crippen LogP contribution in [0.4, 0.5) is 0 Å². The molecule has 1 aromatic rings. The number of aliphatic hydroxyl groups is 1. The average molecular weight is 213 g/mol.